The van der Waals surface area contributed by atoms with Crippen LogP contribution in [0.2, 0.25) is 0 Å². The Labute approximate surface area is 195 Å². The molecule has 3 fully saturated rings. The number of rotatable bonds is 4. The highest BCUT2D eigenvalue weighted by Gasteiger charge is 2.49. The van der Waals surface area contributed by atoms with Gasteiger partial charge in [0.1, 0.15) is 21.9 Å². The van der Waals surface area contributed by atoms with Crippen molar-refractivity contribution in [3.8, 4) is 10.7 Å². The second kappa shape index (κ2) is 7.98. The SMILES string of the molecule is CCOC(=O)c1ccc(-c2nccs2)n2nc(N3CC4CC(C3)N4C(=O)OC(C)(C)C)nc12. The van der Waals surface area contributed by atoms with Gasteiger partial charge < -0.3 is 14.4 Å². The Balaban J connectivity index is 1.45. The number of ether oxygens (including phenoxy) is 2. The number of hydrogen-bond donors (Lipinski definition) is 0. The van der Waals surface area contributed by atoms with Crippen LogP contribution in [0.15, 0.2) is 23.7 Å². The van der Waals surface area contributed by atoms with Crippen molar-refractivity contribution in [3.63, 3.8) is 0 Å². The minimum Gasteiger partial charge on any atom is -0.462 e. The first-order chi connectivity index (χ1) is 15.7. The zero-order valence-corrected chi connectivity index (χ0v) is 19.8. The lowest BCUT2D eigenvalue weighted by atomic mass is 9.88. The Morgan fingerprint density at radius 2 is 1.97 bits per heavy atom. The fourth-order valence-electron chi connectivity index (χ4n) is 4.35. The number of amides is 1. The fraction of sp³-hybridized carbons (Fsp3) is 0.500. The van der Waals surface area contributed by atoms with Crippen LogP contribution in [-0.2, 0) is 9.47 Å². The van der Waals surface area contributed by atoms with Gasteiger partial charge >= 0.3 is 12.1 Å². The standard InChI is InChI=1S/C22H26N6O4S/c1-5-31-19(29)15-6-7-16(18-23-8-9-33-18)28-17(15)24-20(25-28)26-11-13-10-14(12-26)27(13)21(30)32-22(2,3)4/h6-9,13-14H,5,10-12H2,1-4H3. The number of esters is 1. The minimum absolute atomic E-state index is 0.0492. The number of piperidine rings is 1. The van der Waals surface area contributed by atoms with E-state index in [1.165, 1.54) is 11.3 Å². The molecule has 2 unspecified atom stereocenters. The number of thiazole rings is 1. The number of carbonyl (C=O) groups is 2. The molecular weight excluding hydrogens is 444 g/mol. The van der Waals surface area contributed by atoms with Crippen LogP contribution in [-0.4, -0.2) is 73.9 Å². The number of pyridine rings is 1. The lowest BCUT2D eigenvalue weighted by molar-refractivity contribution is -0.0381. The van der Waals surface area contributed by atoms with Crippen molar-refractivity contribution in [3.05, 3.63) is 29.3 Å². The molecule has 0 radical (unpaired) electrons. The Bertz CT molecular complexity index is 1190. The fourth-order valence-corrected chi connectivity index (χ4v) is 5.00. The van der Waals surface area contributed by atoms with E-state index in [-0.39, 0.29) is 24.8 Å². The average Bonchev–Trinajstić information content (AvgIpc) is 3.42. The number of hydrogen-bond acceptors (Lipinski definition) is 9. The molecule has 33 heavy (non-hydrogen) atoms. The van der Waals surface area contributed by atoms with Crippen LogP contribution in [0.1, 0.15) is 44.5 Å². The van der Waals surface area contributed by atoms with Crippen LogP contribution >= 0.6 is 11.3 Å². The molecule has 1 amide bonds. The van der Waals surface area contributed by atoms with E-state index in [1.807, 2.05) is 37.1 Å². The maximum atomic E-state index is 12.6. The summed E-state index contributed by atoms with van der Waals surface area (Å²) < 4.78 is 12.4. The lowest BCUT2D eigenvalue weighted by Gasteiger charge is -2.55. The van der Waals surface area contributed by atoms with Crippen LogP contribution in [0, 0.1) is 0 Å². The largest absolute Gasteiger partial charge is 0.462 e. The first-order valence-electron chi connectivity index (χ1n) is 11.0. The van der Waals surface area contributed by atoms with Crippen molar-refractivity contribution in [2.24, 2.45) is 0 Å². The minimum atomic E-state index is -0.528. The van der Waals surface area contributed by atoms with E-state index < -0.39 is 11.6 Å². The predicted molar refractivity (Wildman–Crippen MR) is 123 cm³/mol. The molecule has 3 saturated heterocycles. The van der Waals surface area contributed by atoms with Crippen LogP contribution in [0.3, 0.4) is 0 Å². The Morgan fingerprint density at radius 1 is 1.21 bits per heavy atom. The molecule has 0 aromatic carbocycles. The van der Waals surface area contributed by atoms with E-state index >= 15 is 0 Å². The van der Waals surface area contributed by atoms with Crippen LogP contribution in [0.25, 0.3) is 16.3 Å². The maximum Gasteiger partial charge on any atom is 0.410 e. The molecule has 3 aromatic heterocycles. The molecular formula is C22H26N6O4S. The summed E-state index contributed by atoms with van der Waals surface area (Å²) in [5.41, 5.74) is 1.01. The Hall–Kier alpha value is -3.21. The van der Waals surface area contributed by atoms with Crippen LogP contribution in [0.4, 0.5) is 10.7 Å². The highest BCUT2D eigenvalue weighted by molar-refractivity contribution is 7.13. The molecule has 3 aromatic rings. The molecule has 6 rings (SSSR count). The van der Waals surface area contributed by atoms with E-state index in [0.29, 0.717) is 30.2 Å². The highest BCUT2D eigenvalue weighted by atomic mass is 32.1. The molecule has 6 heterocycles. The van der Waals surface area contributed by atoms with Gasteiger partial charge in [-0.15, -0.1) is 16.4 Å². The molecule has 2 atom stereocenters. The van der Waals surface area contributed by atoms with Gasteiger partial charge in [-0.25, -0.2) is 19.1 Å². The lowest BCUT2D eigenvalue weighted by Crippen LogP contribution is -2.70. The number of anilines is 1. The van der Waals surface area contributed by atoms with Gasteiger partial charge in [0.05, 0.1) is 18.7 Å². The summed E-state index contributed by atoms with van der Waals surface area (Å²) in [7, 11) is 0. The van der Waals surface area contributed by atoms with Gasteiger partial charge in [0, 0.05) is 24.7 Å². The van der Waals surface area contributed by atoms with Gasteiger partial charge in [-0.05, 0) is 46.2 Å². The zero-order chi connectivity index (χ0) is 23.3. The van der Waals surface area contributed by atoms with E-state index in [0.717, 1.165) is 17.1 Å². The summed E-state index contributed by atoms with van der Waals surface area (Å²) >= 11 is 1.49. The summed E-state index contributed by atoms with van der Waals surface area (Å²) in [4.78, 5) is 38.1. The highest BCUT2D eigenvalue weighted by Crippen LogP contribution is 2.35. The third kappa shape index (κ3) is 3.90. The van der Waals surface area contributed by atoms with Gasteiger partial charge in [-0.1, -0.05) is 0 Å². The number of aromatic nitrogens is 4. The Morgan fingerprint density at radius 3 is 2.61 bits per heavy atom. The molecule has 0 saturated carbocycles. The second-order valence-electron chi connectivity index (χ2n) is 9.17. The van der Waals surface area contributed by atoms with E-state index in [4.69, 9.17) is 19.6 Å². The van der Waals surface area contributed by atoms with Crippen molar-refractivity contribution < 1.29 is 19.1 Å². The van der Waals surface area contributed by atoms with Gasteiger partial charge in [0.25, 0.3) is 0 Å². The summed E-state index contributed by atoms with van der Waals surface area (Å²) in [5, 5.41) is 7.41. The first kappa shape index (κ1) is 21.6. The molecule has 0 spiro atoms. The van der Waals surface area contributed by atoms with Crippen molar-refractivity contribution in [2.75, 3.05) is 24.6 Å². The summed E-state index contributed by atoms with van der Waals surface area (Å²) in [6.07, 6.45) is 2.38. The quantitative estimate of drug-likeness (QED) is 0.536. The molecule has 2 bridgehead atoms. The molecule has 3 aliphatic heterocycles. The van der Waals surface area contributed by atoms with Crippen molar-refractivity contribution in [1.29, 1.82) is 0 Å². The topological polar surface area (TPSA) is 102 Å². The van der Waals surface area contributed by atoms with E-state index in [9.17, 15) is 9.59 Å². The monoisotopic (exact) mass is 470 g/mol. The molecule has 10 nitrogen and oxygen atoms in total. The summed E-state index contributed by atoms with van der Waals surface area (Å²) in [6.45, 7) is 8.86. The third-order valence-electron chi connectivity index (χ3n) is 5.70. The number of fused-ring (bicyclic) bond motifs is 3. The average molecular weight is 471 g/mol. The van der Waals surface area contributed by atoms with E-state index in [2.05, 4.69) is 9.88 Å². The summed E-state index contributed by atoms with van der Waals surface area (Å²) in [5.74, 6) is 0.0767. The van der Waals surface area contributed by atoms with Crippen LogP contribution < -0.4 is 4.90 Å². The summed E-state index contributed by atoms with van der Waals surface area (Å²) in [6, 6.07) is 3.62. The molecule has 11 heteroatoms. The first-order valence-corrected chi connectivity index (χ1v) is 11.9. The molecule has 174 valence electrons. The van der Waals surface area contributed by atoms with Crippen molar-refractivity contribution >= 4 is 35.0 Å². The third-order valence-corrected chi connectivity index (χ3v) is 6.50. The second-order valence-corrected chi connectivity index (χ2v) is 10.1. The van der Waals surface area contributed by atoms with Gasteiger partial charge in [-0.2, -0.15) is 4.98 Å². The predicted octanol–water partition coefficient (Wildman–Crippen LogP) is 3.23. The van der Waals surface area contributed by atoms with Crippen molar-refractivity contribution in [1.82, 2.24) is 24.5 Å². The molecule has 0 aliphatic carbocycles. The maximum absolute atomic E-state index is 12.6. The molecule has 0 N–H and O–H groups in total. The number of nitrogens with zero attached hydrogens (tertiary/aromatic N) is 6. The Kier molecular flexibility index (Phi) is 5.23. The van der Waals surface area contributed by atoms with E-state index in [1.54, 1.807) is 23.7 Å². The van der Waals surface area contributed by atoms with Gasteiger partial charge in [0.15, 0.2) is 5.65 Å². The van der Waals surface area contributed by atoms with Crippen LogP contribution in [0.5, 0.6) is 0 Å². The van der Waals surface area contributed by atoms with Gasteiger partial charge in [-0.3, -0.25) is 4.90 Å². The smallest absolute Gasteiger partial charge is 0.410 e. The van der Waals surface area contributed by atoms with Gasteiger partial charge in [0.2, 0.25) is 5.95 Å². The zero-order valence-electron chi connectivity index (χ0n) is 19.0. The number of piperazine rings is 1. The van der Waals surface area contributed by atoms with Crippen molar-refractivity contribution in [2.45, 2.75) is 51.8 Å². The molecule has 3 aliphatic rings. The normalized spacial score (nSPS) is 20.0. The number of carbonyl (C=O) groups excluding carboxylic acids is 2.